The number of thiazole rings is 1. The standard InChI is InChI=1S/C11H7BrClNO3S/c1-17-6-4-2-3-5(13)7(6)9-8(10(15)16)14-11(12)18-9/h2-4H,1H3,(H,15,16). The fourth-order valence-electron chi connectivity index (χ4n) is 1.50. The van der Waals surface area contributed by atoms with Crippen LogP contribution in [0.1, 0.15) is 10.5 Å². The zero-order valence-corrected chi connectivity index (χ0v) is 12.3. The van der Waals surface area contributed by atoms with Gasteiger partial charge in [-0.1, -0.05) is 17.7 Å². The van der Waals surface area contributed by atoms with E-state index in [1.165, 1.54) is 18.4 Å². The highest BCUT2D eigenvalue weighted by atomic mass is 79.9. The predicted octanol–water partition coefficient (Wildman–Crippen LogP) is 3.93. The number of hydrogen-bond acceptors (Lipinski definition) is 4. The fourth-order valence-corrected chi connectivity index (χ4v) is 3.33. The maximum Gasteiger partial charge on any atom is 0.356 e. The molecule has 0 aliphatic carbocycles. The van der Waals surface area contributed by atoms with Gasteiger partial charge in [0.15, 0.2) is 9.61 Å². The summed E-state index contributed by atoms with van der Waals surface area (Å²) in [5, 5.41) is 9.56. The summed E-state index contributed by atoms with van der Waals surface area (Å²) in [5.41, 5.74) is 0.501. The van der Waals surface area contributed by atoms with Crippen molar-refractivity contribution in [1.29, 1.82) is 0 Å². The molecule has 0 aliphatic rings. The molecule has 0 saturated heterocycles. The first-order chi connectivity index (χ1) is 8.54. The van der Waals surface area contributed by atoms with Gasteiger partial charge in [-0.15, -0.1) is 11.3 Å². The molecule has 1 heterocycles. The zero-order chi connectivity index (χ0) is 13.3. The Morgan fingerprint density at radius 3 is 2.89 bits per heavy atom. The number of aromatic carboxylic acids is 1. The lowest BCUT2D eigenvalue weighted by molar-refractivity contribution is 0.0692. The van der Waals surface area contributed by atoms with Crippen molar-refractivity contribution in [2.75, 3.05) is 7.11 Å². The molecule has 7 heteroatoms. The Hall–Kier alpha value is -1.11. The van der Waals surface area contributed by atoms with E-state index in [0.717, 1.165) is 0 Å². The van der Waals surface area contributed by atoms with E-state index in [-0.39, 0.29) is 5.69 Å². The summed E-state index contributed by atoms with van der Waals surface area (Å²) in [6.45, 7) is 0. The van der Waals surface area contributed by atoms with Crippen LogP contribution in [0.2, 0.25) is 5.02 Å². The molecular formula is C11H7BrClNO3S. The van der Waals surface area contributed by atoms with Crippen molar-refractivity contribution in [3.05, 3.63) is 32.8 Å². The Bertz CT molecular complexity index is 614. The molecule has 94 valence electrons. The number of benzene rings is 1. The number of rotatable bonds is 3. The van der Waals surface area contributed by atoms with Gasteiger partial charge in [-0.3, -0.25) is 0 Å². The highest BCUT2D eigenvalue weighted by Crippen LogP contribution is 2.42. The van der Waals surface area contributed by atoms with Crippen molar-refractivity contribution in [3.63, 3.8) is 0 Å². The van der Waals surface area contributed by atoms with Gasteiger partial charge in [0.1, 0.15) is 5.75 Å². The summed E-state index contributed by atoms with van der Waals surface area (Å²) in [6.07, 6.45) is 0. The van der Waals surface area contributed by atoms with Crippen LogP contribution in [-0.2, 0) is 0 Å². The lowest BCUT2D eigenvalue weighted by Crippen LogP contribution is -1.99. The summed E-state index contributed by atoms with van der Waals surface area (Å²) in [6, 6.07) is 5.14. The van der Waals surface area contributed by atoms with Gasteiger partial charge < -0.3 is 9.84 Å². The first-order valence-corrected chi connectivity index (χ1v) is 6.76. The number of halogens is 2. The molecule has 1 aromatic heterocycles. The van der Waals surface area contributed by atoms with Crippen LogP contribution in [0, 0.1) is 0 Å². The van der Waals surface area contributed by atoms with Crippen LogP contribution in [0.25, 0.3) is 10.4 Å². The SMILES string of the molecule is COc1cccc(Cl)c1-c1sc(Br)nc1C(=O)O. The van der Waals surface area contributed by atoms with Crippen LogP contribution in [0.15, 0.2) is 22.1 Å². The number of hydrogen-bond donors (Lipinski definition) is 1. The van der Waals surface area contributed by atoms with Gasteiger partial charge >= 0.3 is 5.97 Å². The highest BCUT2D eigenvalue weighted by molar-refractivity contribution is 9.11. The van der Waals surface area contributed by atoms with E-state index in [1.54, 1.807) is 18.2 Å². The molecule has 0 saturated carbocycles. The van der Waals surface area contributed by atoms with Crippen molar-refractivity contribution >= 4 is 44.8 Å². The number of nitrogens with zero attached hydrogens (tertiary/aromatic N) is 1. The normalized spacial score (nSPS) is 10.4. The molecule has 2 aromatic rings. The van der Waals surface area contributed by atoms with Crippen LogP contribution in [-0.4, -0.2) is 23.2 Å². The second-order valence-electron chi connectivity index (χ2n) is 3.27. The average molecular weight is 349 g/mol. The van der Waals surface area contributed by atoms with Crippen LogP contribution >= 0.6 is 38.9 Å². The van der Waals surface area contributed by atoms with Gasteiger partial charge in [0.05, 0.1) is 22.6 Å². The first-order valence-electron chi connectivity index (χ1n) is 4.77. The molecule has 2 rings (SSSR count). The summed E-state index contributed by atoms with van der Waals surface area (Å²) in [4.78, 5) is 15.6. The number of carbonyl (C=O) groups is 1. The van der Waals surface area contributed by atoms with Crippen molar-refractivity contribution in [1.82, 2.24) is 4.98 Å². The molecule has 0 radical (unpaired) electrons. The molecule has 0 fully saturated rings. The molecule has 0 bridgehead atoms. The van der Waals surface area contributed by atoms with Crippen LogP contribution < -0.4 is 4.74 Å². The van der Waals surface area contributed by atoms with Crippen LogP contribution in [0.3, 0.4) is 0 Å². The molecule has 0 spiro atoms. The Kier molecular flexibility index (Phi) is 3.89. The highest BCUT2D eigenvalue weighted by Gasteiger charge is 2.22. The molecule has 0 atom stereocenters. The van der Waals surface area contributed by atoms with Gasteiger partial charge in [-0.25, -0.2) is 9.78 Å². The fraction of sp³-hybridized carbons (Fsp3) is 0.0909. The van der Waals surface area contributed by atoms with Gasteiger partial charge in [0.2, 0.25) is 0 Å². The zero-order valence-electron chi connectivity index (χ0n) is 9.11. The number of carboxylic acids is 1. The molecule has 0 unspecified atom stereocenters. The topological polar surface area (TPSA) is 59.4 Å². The third kappa shape index (κ3) is 2.36. The van der Waals surface area contributed by atoms with Gasteiger partial charge in [-0.2, -0.15) is 0 Å². The van der Waals surface area contributed by atoms with E-state index in [2.05, 4.69) is 20.9 Å². The van der Waals surface area contributed by atoms with E-state index in [9.17, 15) is 4.79 Å². The van der Waals surface area contributed by atoms with Gasteiger partial charge in [-0.05, 0) is 28.1 Å². The third-order valence-corrected chi connectivity index (χ3v) is 4.07. The van der Waals surface area contributed by atoms with E-state index in [4.69, 9.17) is 21.4 Å². The summed E-state index contributed by atoms with van der Waals surface area (Å²) >= 11 is 10.5. The quantitative estimate of drug-likeness (QED) is 0.913. The van der Waals surface area contributed by atoms with Crippen molar-refractivity contribution in [2.24, 2.45) is 0 Å². The van der Waals surface area contributed by atoms with Crippen molar-refractivity contribution in [3.8, 4) is 16.2 Å². The summed E-state index contributed by atoms with van der Waals surface area (Å²) in [7, 11) is 1.51. The molecule has 0 amide bonds. The maximum atomic E-state index is 11.2. The molecular weight excluding hydrogens is 342 g/mol. The minimum absolute atomic E-state index is 0.0433. The Morgan fingerprint density at radius 2 is 2.28 bits per heavy atom. The Morgan fingerprint density at radius 1 is 1.56 bits per heavy atom. The average Bonchev–Trinajstić information content (AvgIpc) is 2.70. The third-order valence-electron chi connectivity index (χ3n) is 2.23. The summed E-state index contributed by atoms with van der Waals surface area (Å²) < 4.78 is 5.69. The number of aromatic nitrogens is 1. The van der Waals surface area contributed by atoms with E-state index >= 15 is 0 Å². The maximum absolute atomic E-state index is 11.2. The number of carboxylic acid groups (broad SMARTS) is 1. The number of methoxy groups -OCH3 is 1. The summed E-state index contributed by atoms with van der Waals surface area (Å²) in [5.74, 6) is -0.588. The van der Waals surface area contributed by atoms with Gasteiger partial charge in [0.25, 0.3) is 0 Å². The first kappa shape index (κ1) is 13.3. The van der Waals surface area contributed by atoms with E-state index in [0.29, 0.717) is 25.1 Å². The smallest absolute Gasteiger partial charge is 0.356 e. The van der Waals surface area contributed by atoms with Crippen LogP contribution in [0.5, 0.6) is 5.75 Å². The minimum Gasteiger partial charge on any atom is -0.496 e. The van der Waals surface area contributed by atoms with Crippen LogP contribution in [0.4, 0.5) is 0 Å². The molecule has 1 aromatic carbocycles. The number of ether oxygens (including phenoxy) is 1. The molecule has 4 nitrogen and oxygen atoms in total. The lowest BCUT2D eigenvalue weighted by Gasteiger charge is -2.08. The van der Waals surface area contributed by atoms with Crippen molar-refractivity contribution in [2.45, 2.75) is 0 Å². The van der Waals surface area contributed by atoms with Crippen molar-refractivity contribution < 1.29 is 14.6 Å². The van der Waals surface area contributed by atoms with E-state index in [1.807, 2.05) is 0 Å². The van der Waals surface area contributed by atoms with E-state index < -0.39 is 5.97 Å². The molecule has 1 N–H and O–H groups in total. The molecule has 18 heavy (non-hydrogen) atoms. The Balaban J connectivity index is 2.72. The second kappa shape index (κ2) is 5.26. The Labute approximate surface area is 120 Å². The minimum atomic E-state index is -1.10. The second-order valence-corrected chi connectivity index (χ2v) is 5.95. The predicted molar refractivity (Wildman–Crippen MR) is 73.8 cm³/mol. The monoisotopic (exact) mass is 347 g/mol. The van der Waals surface area contributed by atoms with Gasteiger partial charge in [0, 0.05) is 0 Å². The molecule has 0 aliphatic heterocycles. The largest absolute Gasteiger partial charge is 0.496 e. The lowest BCUT2D eigenvalue weighted by atomic mass is 10.1.